The first-order valence-electron chi connectivity index (χ1n) is 2.84. The summed E-state index contributed by atoms with van der Waals surface area (Å²) in [7, 11) is 5.55. The van der Waals surface area contributed by atoms with Crippen molar-refractivity contribution in [3.05, 3.63) is 0 Å². The molecular formula is C5H14N5+. The van der Waals surface area contributed by atoms with E-state index in [1.54, 1.807) is 0 Å². The molecule has 0 spiro atoms. The Morgan fingerprint density at radius 2 is 1.70 bits per heavy atom. The Bertz CT molecular complexity index is 163. The molecule has 0 heterocycles. The van der Waals surface area contributed by atoms with Crippen molar-refractivity contribution < 1.29 is 4.48 Å². The van der Waals surface area contributed by atoms with Gasteiger partial charge in [0.25, 0.3) is 0 Å². The van der Waals surface area contributed by atoms with E-state index in [1.165, 1.54) is 0 Å². The van der Waals surface area contributed by atoms with Crippen molar-refractivity contribution in [2.75, 3.05) is 21.1 Å². The van der Waals surface area contributed by atoms with E-state index in [0.717, 1.165) is 0 Å². The molecule has 5 heteroatoms. The Balaban J connectivity index is 4.35. The van der Waals surface area contributed by atoms with Crippen LogP contribution in [0.2, 0.25) is 0 Å². The number of guanidine groups is 2. The van der Waals surface area contributed by atoms with Crippen molar-refractivity contribution in [2.24, 2.45) is 16.5 Å². The Kier molecular flexibility index (Phi) is 2.36. The minimum atomic E-state index is -0.259. The van der Waals surface area contributed by atoms with Crippen LogP contribution in [0.15, 0.2) is 4.99 Å². The molecule has 0 aromatic carbocycles. The molecule has 0 aliphatic rings. The lowest BCUT2D eigenvalue weighted by atomic mass is 10.6. The standard InChI is InChI=1S/C5H14N5/c1-10(2,3)5(8)9-4(6)7/h1-3H3,(H5,6,7,8,9)/q+1. The maximum atomic E-state index is 6.80. The largest absolute Gasteiger partial charge is 0.368 e. The zero-order chi connectivity index (χ0) is 8.36. The number of nitrogens with zero attached hydrogens (tertiary/aromatic N) is 2. The van der Waals surface area contributed by atoms with Crippen LogP contribution in [0.4, 0.5) is 0 Å². The Morgan fingerprint density at radius 3 is 1.80 bits per heavy atom. The Morgan fingerprint density at radius 1 is 1.30 bits per heavy atom. The van der Waals surface area contributed by atoms with E-state index in [0.29, 0.717) is 10.4 Å². The highest BCUT2D eigenvalue weighted by Gasteiger charge is 2.13. The van der Waals surface area contributed by atoms with Crippen LogP contribution in [0.3, 0.4) is 0 Å². The fourth-order valence-electron chi connectivity index (χ4n) is 0.273. The summed E-state index contributed by atoms with van der Waals surface area (Å²) in [5.74, 6) is 0.0676. The van der Waals surface area contributed by atoms with Gasteiger partial charge in [0.2, 0.25) is 5.96 Å². The molecule has 0 amide bonds. The topological polar surface area (TPSA) is 88.2 Å². The zero-order valence-electron chi connectivity index (χ0n) is 6.55. The van der Waals surface area contributed by atoms with Gasteiger partial charge in [0.05, 0.1) is 21.1 Å². The molecule has 0 radical (unpaired) electrons. The smallest absolute Gasteiger partial charge is 0.302 e. The highest BCUT2D eigenvalue weighted by Crippen LogP contribution is 1.87. The Labute approximate surface area is 60.4 Å². The van der Waals surface area contributed by atoms with Crippen molar-refractivity contribution in [2.45, 2.75) is 0 Å². The van der Waals surface area contributed by atoms with Crippen LogP contribution in [0.1, 0.15) is 0 Å². The van der Waals surface area contributed by atoms with Crippen molar-refractivity contribution >= 4 is 11.9 Å². The maximum absolute atomic E-state index is 6.80. The normalized spacial score (nSPS) is 13.3. The van der Waals surface area contributed by atoms with Gasteiger partial charge in [0.15, 0.2) is 0 Å². The van der Waals surface area contributed by atoms with Crippen LogP contribution >= 0.6 is 0 Å². The predicted octanol–water partition coefficient (Wildman–Crippen LogP) is -1.10. The van der Waals surface area contributed by atoms with Crippen LogP contribution < -0.4 is 11.5 Å². The van der Waals surface area contributed by atoms with E-state index in [2.05, 4.69) is 4.99 Å². The molecule has 0 aromatic rings. The van der Waals surface area contributed by atoms with E-state index < -0.39 is 0 Å². The van der Waals surface area contributed by atoms with Gasteiger partial charge in [-0.3, -0.25) is 9.89 Å². The first-order valence-corrected chi connectivity index (χ1v) is 2.84. The van der Waals surface area contributed by atoms with E-state index in [-0.39, 0.29) is 5.96 Å². The van der Waals surface area contributed by atoms with Crippen LogP contribution in [-0.2, 0) is 0 Å². The van der Waals surface area contributed by atoms with Gasteiger partial charge in [-0.2, -0.15) is 0 Å². The molecule has 0 unspecified atom stereocenters. The third-order valence-corrected chi connectivity index (χ3v) is 0.922. The summed E-state index contributed by atoms with van der Waals surface area (Å²) < 4.78 is 0.388. The predicted molar refractivity (Wildman–Crippen MR) is 41.6 cm³/mol. The lowest BCUT2D eigenvalue weighted by molar-refractivity contribution is -0.778. The van der Waals surface area contributed by atoms with Crippen LogP contribution in [0.5, 0.6) is 0 Å². The molecule has 0 atom stereocenters. The molecule has 58 valence electrons. The second-order valence-corrected chi connectivity index (χ2v) is 2.87. The van der Waals surface area contributed by atoms with Gasteiger partial charge in [-0.25, -0.2) is 0 Å². The zero-order valence-corrected chi connectivity index (χ0v) is 6.55. The van der Waals surface area contributed by atoms with E-state index in [9.17, 15) is 0 Å². The van der Waals surface area contributed by atoms with E-state index in [4.69, 9.17) is 16.9 Å². The second-order valence-electron chi connectivity index (χ2n) is 2.87. The fraction of sp³-hybridized carbons (Fsp3) is 0.600. The molecule has 10 heavy (non-hydrogen) atoms. The lowest BCUT2D eigenvalue weighted by Crippen LogP contribution is -2.47. The van der Waals surface area contributed by atoms with Gasteiger partial charge in [0.1, 0.15) is 0 Å². The molecule has 0 rings (SSSR count). The average molecular weight is 144 g/mol. The van der Waals surface area contributed by atoms with Gasteiger partial charge in [0, 0.05) is 0 Å². The number of quaternary nitrogens is 1. The van der Waals surface area contributed by atoms with E-state index in [1.807, 2.05) is 21.1 Å². The van der Waals surface area contributed by atoms with Crippen LogP contribution in [0, 0.1) is 5.41 Å². The SMILES string of the molecule is C[N+](C)(C)/C(N)=N/C(=N)N. The number of nitrogens with two attached hydrogens (primary N) is 2. The van der Waals surface area contributed by atoms with Gasteiger partial charge in [-0.15, -0.1) is 4.99 Å². The van der Waals surface area contributed by atoms with Gasteiger partial charge in [-0.1, -0.05) is 0 Å². The highest BCUT2D eigenvalue weighted by molar-refractivity contribution is 5.88. The molecule has 0 fully saturated rings. The molecule has 5 N–H and O–H groups in total. The monoisotopic (exact) mass is 144 g/mol. The highest BCUT2D eigenvalue weighted by atomic mass is 15.4. The minimum Gasteiger partial charge on any atom is -0.368 e. The summed E-state index contributed by atoms with van der Waals surface area (Å²) >= 11 is 0. The first-order chi connectivity index (χ1) is 4.34. The third-order valence-electron chi connectivity index (χ3n) is 0.922. The fourth-order valence-corrected chi connectivity index (χ4v) is 0.273. The molecular weight excluding hydrogens is 130 g/mol. The van der Waals surface area contributed by atoms with Crippen LogP contribution in [0.25, 0.3) is 0 Å². The Hall–Kier alpha value is -1.10. The molecule has 0 aromatic heterocycles. The number of rotatable bonds is 0. The summed E-state index contributed by atoms with van der Waals surface area (Å²) in [5.41, 5.74) is 10.4. The summed E-state index contributed by atoms with van der Waals surface area (Å²) in [6.07, 6.45) is 0. The molecule has 0 saturated carbocycles. The number of nitrogens with one attached hydrogen (secondary N) is 1. The van der Waals surface area contributed by atoms with Crippen LogP contribution in [-0.4, -0.2) is 37.5 Å². The number of hydrogen-bond acceptors (Lipinski definition) is 1. The average Bonchev–Trinajstić information content (AvgIpc) is 1.60. The molecule has 0 bridgehead atoms. The summed E-state index contributed by atoms with van der Waals surface area (Å²) in [4.78, 5) is 3.58. The van der Waals surface area contributed by atoms with Crippen molar-refractivity contribution in [1.29, 1.82) is 5.41 Å². The minimum absolute atomic E-state index is 0.259. The lowest BCUT2D eigenvalue weighted by Gasteiger charge is -2.20. The van der Waals surface area contributed by atoms with Gasteiger partial charge >= 0.3 is 5.96 Å². The van der Waals surface area contributed by atoms with Crippen molar-refractivity contribution in [3.63, 3.8) is 0 Å². The van der Waals surface area contributed by atoms with Gasteiger partial charge in [-0.05, 0) is 0 Å². The van der Waals surface area contributed by atoms with E-state index >= 15 is 0 Å². The summed E-state index contributed by atoms with van der Waals surface area (Å²) in [6, 6.07) is 0. The maximum Gasteiger partial charge on any atom is 0.302 e. The second kappa shape index (κ2) is 2.66. The summed E-state index contributed by atoms with van der Waals surface area (Å²) in [6.45, 7) is 0. The number of aliphatic imine (C=N–C) groups is 1. The van der Waals surface area contributed by atoms with Crippen molar-refractivity contribution in [1.82, 2.24) is 0 Å². The number of hydrogen-bond donors (Lipinski definition) is 3. The molecule has 0 saturated heterocycles. The molecule has 5 nitrogen and oxygen atoms in total. The van der Waals surface area contributed by atoms with Crippen molar-refractivity contribution in [3.8, 4) is 0 Å². The molecule has 0 aliphatic carbocycles. The summed E-state index contributed by atoms with van der Waals surface area (Å²) in [5, 5.41) is 6.80. The molecule has 0 aliphatic heterocycles. The van der Waals surface area contributed by atoms with Gasteiger partial charge < -0.3 is 11.5 Å². The first kappa shape index (κ1) is 8.90. The quantitative estimate of drug-likeness (QED) is 0.229. The third kappa shape index (κ3) is 3.03.